The fourth-order valence-electron chi connectivity index (χ4n) is 2.25. The third-order valence-corrected chi connectivity index (χ3v) is 3.55. The van der Waals surface area contributed by atoms with E-state index in [0.29, 0.717) is 5.75 Å². The van der Waals surface area contributed by atoms with Crippen LogP contribution in [-0.2, 0) is 14.3 Å². The summed E-state index contributed by atoms with van der Waals surface area (Å²) in [6.07, 6.45) is 0. The Labute approximate surface area is 150 Å². The molecular formula is C17H20N2O7. The van der Waals surface area contributed by atoms with E-state index in [4.69, 9.17) is 18.9 Å². The molecular weight excluding hydrogens is 344 g/mol. The molecule has 0 aromatic heterocycles. The van der Waals surface area contributed by atoms with Crippen molar-refractivity contribution in [2.45, 2.75) is 6.92 Å². The first-order chi connectivity index (χ1) is 12.5. The van der Waals surface area contributed by atoms with Crippen LogP contribution >= 0.6 is 0 Å². The fourth-order valence-corrected chi connectivity index (χ4v) is 2.25. The lowest BCUT2D eigenvalue weighted by atomic mass is 10.1. The molecule has 0 spiro atoms. The highest BCUT2D eigenvalue weighted by Crippen LogP contribution is 2.25. The van der Waals surface area contributed by atoms with Gasteiger partial charge in [0.15, 0.2) is 0 Å². The molecule has 1 aromatic rings. The van der Waals surface area contributed by atoms with Gasteiger partial charge in [-0.05, 0) is 19.1 Å². The average Bonchev–Trinajstić information content (AvgIpc) is 2.65. The van der Waals surface area contributed by atoms with Gasteiger partial charge in [-0.15, -0.1) is 0 Å². The maximum atomic E-state index is 12.3. The van der Waals surface area contributed by atoms with E-state index in [9.17, 15) is 14.4 Å². The van der Waals surface area contributed by atoms with Crippen LogP contribution in [0, 0.1) is 0 Å². The van der Waals surface area contributed by atoms with Crippen molar-refractivity contribution in [3.8, 4) is 11.5 Å². The van der Waals surface area contributed by atoms with Crippen molar-refractivity contribution >= 4 is 18.0 Å². The first kappa shape index (κ1) is 19.1. The van der Waals surface area contributed by atoms with Crippen LogP contribution in [0.3, 0.4) is 0 Å². The summed E-state index contributed by atoms with van der Waals surface area (Å²) in [6.45, 7) is 1.55. The molecule has 0 saturated carbocycles. The van der Waals surface area contributed by atoms with Crippen LogP contribution in [0.1, 0.15) is 17.3 Å². The minimum absolute atomic E-state index is 0.0105. The number of carbonyl (C=O) groups excluding carboxylic acids is 3. The zero-order valence-electron chi connectivity index (χ0n) is 14.7. The Bertz CT molecular complexity index is 743. The molecule has 0 fully saturated rings. The Balaban J connectivity index is 2.16. The molecule has 0 atom stereocenters. The van der Waals surface area contributed by atoms with Crippen molar-refractivity contribution in [1.29, 1.82) is 0 Å². The van der Waals surface area contributed by atoms with Gasteiger partial charge in [-0.2, -0.15) is 0 Å². The first-order valence-electron chi connectivity index (χ1n) is 7.83. The van der Waals surface area contributed by atoms with E-state index in [2.05, 4.69) is 10.6 Å². The van der Waals surface area contributed by atoms with Gasteiger partial charge in [-0.25, -0.2) is 14.4 Å². The Morgan fingerprint density at radius 1 is 1.12 bits per heavy atom. The number of esters is 2. The summed E-state index contributed by atoms with van der Waals surface area (Å²) in [4.78, 5) is 35.8. The lowest BCUT2D eigenvalue weighted by molar-refractivity contribution is -0.138. The summed E-state index contributed by atoms with van der Waals surface area (Å²) < 4.78 is 20.4. The third kappa shape index (κ3) is 4.44. The summed E-state index contributed by atoms with van der Waals surface area (Å²) in [5.41, 5.74) is 0.556. The topological polar surface area (TPSA) is 112 Å². The normalized spacial score (nSPS) is 13.4. The quantitative estimate of drug-likeness (QED) is 0.694. The van der Waals surface area contributed by atoms with E-state index in [0.717, 1.165) is 0 Å². The van der Waals surface area contributed by atoms with Gasteiger partial charge in [0, 0.05) is 6.07 Å². The number of methoxy groups -OCH3 is 2. The maximum absolute atomic E-state index is 12.3. The third-order valence-electron chi connectivity index (χ3n) is 3.55. The molecule has 0 radical (unpaired) electrons. The summed E-state index contributed by atoms with van der Waals surface area (Å²) >= 11 is 0. The molecule has 0 saturated heterocycles. The van der Waals surface area contributed by atoms with Gasteiger partial charge in [-0.3, -0.25) is 0 Å². The summed E-state index contributed by atoms with van der Waals surface area (Å²) in [6, 6.07) is 4.15. The zero-order valence-corrected chi connectivity index (χ0v) is 14.7. The van der Waals surface area contributed by atoms with Gasteiger partial charge >= 0.3 is 18.0 Å². The van der Waals surface area contributed by atoms with Gasteiger partial charge in [0.2, 0.25) is 0 Å². The number of hydrogen-bond donors (Lipinski definition) is 2. The highest BCUT2D eigenvalue weighted by Gasteiger charge is 2.25. The van der Waals surface area contributed by atoms with Crippen molar-refractivity contribution in [3.63, 3.8) is 0 Å². The smallest absolute Gasteiger partial charge is 0.342 e. The van der Waals surface area contributed by atoms with Crippen LogP contribution in [0.15, 0.2) is 29.5 Å². The van der Waals surface area contributed by atoms with E-state index in [-0.39, 0.29) is 42.3 Å². The van der Waals surface area contributed by atoms with E-state index in [1.807, 2.05) is 0 Å². The van der Waals surface area contributed by atoms with E-state index in [1.165, 1.54) is 20.3 Å². The highest BCUT2D eigenvalue weighted by molar-refractivity contribution is 5.95. The SMILES string of the molecule is CCOC(=O)C1=C(COC(=O)c2ccc(OC)cc2OC)NC(=O)NC1. The second kappa shape index (κ2) is 8.75. The number of urea groups is 1. The van der Waals surface area contributed by atoms with E-state index < -0.39 is 18.0 Å². The monoisotopic (exact) mass is 364 g/mol. The van der Waals surface area contributed by atoms with Crippen molar-refractivity contribution < 1.29 is 33.3 Å². The van der Waals surface area contributed by atoms with Gasteiger partial charge in [0.25, 0.3) is 0 Å². The predicted molar refractivity (Wildman–Crippen MR) is 90.0 cm³/mol. The molecule has 0 unspecified atom stereocenters. The highest BCUT2D eigenvalue weighted by atomic mass is 16.5. The van der Waals surface area contributed by atoms with Crippen molar-refractivity contribution in [2.75, 3.05) is 34.0 Å². The number of carbonyl (C=O) groups is 3. The number of hydrogen-bond acceptors (Lipinski definition) is 7. The first-order valence-corrected chi connectivity index (χ1v) is 7.83. The predicted octanol–water partition coefficient (Wildman–Crippen LogP) is 0.991. The zero-order chi connectivity index (χ0) is 19.1. The lowest BCUT2D eigenvalue weighted by Crippen LogP contribution is -2.45. The van der Waals surface area contributed by atoms with Crippen LogP contribution in [0.25, 0.3) is 0 Å². The van der Waals surface area contributed by atoms with Gasteiger partial charge in [0.1, 0.15) is 23.7 Å². The minimum Gasteiger partial charge on any atom is -0.497 e. The Morgan fingerprint density at radius 3 is 2.54 bits per heavy atom. The molecule has 0 bridgehead atoms. The molecule has 2 amide bonds. The molecule has 26 heavy (non-hydrogen) atoms. The van der Waals surface area contributed by atoms with Crippen LogP contribution in [0.5, 0.6) is 11.5 Å². The molecule has 1 aliphatic heterocycles. The number of benzene rings is 1. The number of nitrogens with one attached hydrogen (secondary N) is 2. The molecule has 9 nitrogen and oxygen atoms in total. The van der Waals surface area contributed by atoms with Crippen LogP contribution < -0.4 is 20.1 Å². The molecule has 1 aromatic carbocycles. The van der Waals surface area contributed by atoms with E-state index in [1.54, 1.807) is 19.1 Å². The van der Waals surface area contributed by atoms with Crippen LogP contribution in [-0.4, -0.2) is 51.9 Å². The van der Waals surface area contributed by atoms with Crippen molar-refractivity contribution in [1.82, 2.24) is 10.6 Å². The lowest BCUT2D eigenvalue weighted by Gasteiger charge is -2.21. The Hall–Kier alpha value is -3.23. The van der Waals surface area contributed by atoms with E-state index >= 15 is 0 Å². The second-order valence-corrected chi connectivity index (χ2v) is 5.13. The molecule has 0 aliphatic carbocycles. The van der Waals surface area contributed by atoms with Gasteiger partial charge in [0.05, 0.1) is 38.6 Å². The van der Waals surface area contributed by atoms with Gasteiger partial charge in [-0.1, -0.05) is 0 Å². The molecule has 9 heteroatoms. The standard InChI is InChI=1S/C17H20N2O7/c1-4-25-16(21)12-8-18-17(22)19-13(12)9-26-15(20)11-6-5-10(23-2)7-14(11)24-3/h5-7H,4,8-9H2,1-3H3,(H2,18,19,22). The van der Waals surface area contributed by atoms with Crippen LogP contribution in [0.2, 0.25) is 0 Å². The summed E-state index contributed by atoms with van der Waals surface area (Å²) in [5.74, 6) is -0.458. The average molecular weight is 364 g/mol. The molecule has 140 valence electrons. The largest absolute Gasteiger partial charge is 0.497 e. The van der Waals surface area contributed by atoms with Gasteiger partial charge < -0.3 is 29.6 Å². The molecule has 1 heterocycles. The number of amides is 2. The molecule has 1 aliphatic rings. The van der Waals surface area contributed by atoms with Crippen LogP contribution in [0.4, 0.5) is 4.79 Å². The second-order valence-electron chi connectivity index (χ2n) is 5.13. The molecule has 2 rings (SSSR count). The molecule has 2 N–H and O–H groups in total. The minimum atomic E-state index is -0.673. The Morgan fingerprint density at radius 2 is 1.88 bits per heavy atom. The number of rotatable bonds is 7. The van der Waals surface area contributed by atoms with Crippen molar-refractivity contribution in [3.05, 3.63) is 35.0 Å². The number of ether oxygens (including phenoxy) is 4. The maximum Gasteiger partial charge on any atom is 0.342 e. The van der Waals surface area contributed by atoms with Crippen molar-refractivity contribution in [2.24, 2.45) is 0 Å². The summed E-state index contributed by atoms with van der Waals surface area (Å²) in [7, 11) is 2.91. The Kier molecular flexibility index (Phi) is 6.42. The fraction of sp³-hybridized carbons (Fsp3) is 0.353. The summed E-state index contributed by atoms with van der Waals surface area (Å²) in [5, 5.41) is 4.93.